The van der Waals surface area contributed by atoms with Crippen molar-refractivity contribution in [2.24, 2.45) is 0 Å². The molecule has 2 aromatic rings. The molecule has 0 amide bonds. The zero-order valence-corrected chi connectivity index (χ0v) is 9.09. The van der Waals surface area contributed by atoms with E-state index in [4.69, 9.17) is 4.74 Å². The molecule has 3 nitrogen and oxygen atoms in total. The number of nitrogens with one attached hydrogen (secondary N) is 1. The minimum atomic E-state index is -0.388. The lowest BCUT2D eigenvalue weighted by Gasteiger charge is -2.13. The molecule has 0 saturated heterocycles. The van der Waals surface area contributed by atoms with Gasteiger partial charge in [0.2, 0.25) is 6.23 Å². The second-order valence-corrected chi connectivity index (χ2v) is 3.88. The number of para-hydroxylation sites is 1. The van der Waals surface area contributed by atoms with E-state index in [1.807, 2.05) is 48.5 Å². The molecule has 0 fully saturated rings. The maximum Gasteiger partial charge on any atom is 0.340 e. The summed E-state index contributed by atoms with van der Waals surface area (Å²) in [5, 5.41) is 3.18. The lowest BCUT2D eigenvalue weighted by Crippen LogP contribution is -2.09. The van der Waals surface area contributed by atoms with Gasteiger partial charge in [-0.2, -0.15) is 0 Å². The summed E-state index contributed by atoms with van der Waals surface area (Å²) >= 11 is 0. The number of anilines is 1. The first-order valence-corrected chi connectivity index (χ1v) is 5.46. The van der Waals surface area contributed by atoms with Crippen LogP contribution in [0.3, 0.4) is 0 Å². The van der Waals surface area contributed by atoms with E-state index in [1.165, 1.54) is 0 Å². The van der Waals surface area contributed by atoms with E-state index in [0.29, 0.717) is 5.56 Å². The van der Waals surface area contributed by atoms with Crippen molar-refractivity contribution >= 4 is 11.7 Å². The molecule has 1 aliphatic rings. The number of cyclic esters (lactones) is 1. The van der Waals surface area contributed by atoms with E-state index in [2.05, 4.69) is 5.32 Å². The van der Waals surface area contributed by atoms with Gasteiger partial charge < -0.3 is 10.1 Å². The normalized spacial score (nSPS) is 17.4. The number of carbonyl (C=O) groups is 1. The number of ether oxygens (including phenoxy) is 1. The van der Waals surface area contributed by atoms with E-state index < -0.39 is 0 Å². The molecular weight excluding hydrogens is 214 g/mol. The number of benzene rings is 2. The zero-order chi connectivity index (χ0) is 11.7. The molecule has 0 spiro atoms. The number of rotatable bonds is 2. The van der Waals surface area contributed by atoms with E-state index in [9.17, 15) is 4.79 Å². The third-order valence-corrected chi connectivity index (χ3v) is 2.76. The number of fused-ring (bicyclic) bond motifs is 1. The van der Waals surface area contributed by atoms with Crippen molar-refractivity contribution in [3.63, 3.8) is 0 Å². The summed E-state index contributed by atoms with van der Waals surface area (Å²) in [5.41, 5.74) is 2.46. The molecule has 3 heteroatoms. The fourth-order valence-electron chi connectivity index (χ4n) is 1.94. The predicted molar refractivity (Wildman–Crippen MR) is 64.7 cm³/mol. The fourth-order valence-corrected chi connectivity index (χ4v) is 1.94. The first-order chi connectivity index (χ1) is 8.34. The Balaban J connectivity index is 1.90. The summed E-state index contributed by atoms with van der Waals surface area (Å²) in [7, 11) is 0. The van der Waals surface area contributed by atoms with Crippen molar-refractivity contribution in [2.75, 3.05) is 5.32 Å². The smallest absolute Gasteiger partial charge is 0.340 e. The molecule has 0 saturated carbocycles. The molecule has 0 unspecified atom stereocenters. The monoisotopic (exact) mass is 225 g/mol. The molecule has 84 valence electrons. The van der Waals surface area contributed by atoms with Crippen molar-refractivity contribution in [1.29, 1.82) is 0 Å². The molecule has 1 aliphatic heterocycles. The molecule has 0 aromatic heterocycles. The Kier molecular flexibility index (Phi) is 2.29. The van der Waals surface area contributed by atoms with Crippen LogP contribution in [0.2, 0.25) is 0 Å². The molecule has 1 atom stereocenters. The van der Waals surface area contributed by atoms with Crippen molar-refractivity contribution in [1.82, 2.24) is 0 Å². The molecule has 0 aliphatic carbocycles. The number of esters is 1. The van der Waals surface area contributed by atoms with Gasteiger partial charge in [0.25, 0.3) is 0 Å². The van der Waals surface area contributed by atoms with Gasteiger partial charge in [0.15, 0.2) is 0 Å². The van der Waals surface area contributed by atoms with Gasteiger partial charge in [0.05, 0.1) is 5.56 Å². The van der Waals surface area contributed by atoms with Crippen LogP contribution in [-0.4, -0.2) is 5.97 Å². The van der Waals surface area contributed by atoms with E-state index in [1.54, 1.807) is 6.07 Å². The van der Waals surface area contributed by atoms with Gasteiger partial charge in [-0.05, 0) is 18.2 Å². The molecule has 1 N–H and O–H groups in total. The molecule has 0 radical (unpaired) electrons. The molecule has 1 heterocycles. The molecular formula is C14H11NO2. The summed E-state index contributed by atoms with van der Waals surface area (Å²) in [5.74, 6) is -0.269. The van der Waals surface area contributed by atoms with Crippen LogP contribution in [0.4, 0.5) is 5.69 Å². The number of hydrogen-bond donors (Lipinski definition) is 1. The summed E-state index contributed by atoms with van der Waals surface area (Å²) in [4.78, 5) is 11.6. The van der Waals surface area contributed by atoms with Gasteiger partial charge in [-0.1, -0.05) is 36.4 Å². The van der Waals surface area contributed by atoms with Gasteiger partial charge in [0.1, 0.15) is 0 Å². The van der Waals surface area contributed by atoms with Crippen molar-refractivity contribution < 1.29 is 9.53 Å². The summed E-state index contributed by atoms with van der Waals surface area (Å²) < 4.78 is 5.29. The van der Waals surface area contributed by atoms with Crippen molar-refractivity contribution in [3.8, 4) is 0 Å². The average molecular weight is 225 g/mol. The minimum absolute atomic E-state index is 0.269. The Morgan fingerprint density at radius 1 is 0.941 bits per heavy atom. The van der Waals surface area contributed by atoms with Crippen LogP contribution in [0.5, 0.6) is 0 Å². The highest BCUT2D eigenvalue weighted by molar-refractivity contribution is 5.94. The third kappa shape index (κ3) is 1.76. The molecule has 2 aromatic carbocycles. The standard InChI is InChI=1S/C14H11NO2/c16-14-12-9-5-4-8-11(12)13(17-14)15-10-6-2-1-3-7-10/h1-9,13,15H/t13-/m0/s1. The Hall–Kier alpha value is -2.29. The van der Waals surface area contributed by atoms with Crippen LogP contribution in [0.15, 0.2) is 54.6 Å². The highest BCUT2D eigenvalue weighted by Crippen LogP contribution is 2.30. The quantitative estimate of drug-likeness (QED) is 0.798. The van der Waals surface area contributed by atoms with E-state index in [0.717, 1.165) is 11.3 Å². The first kappa shape index (κ1) is 9.90. The van der Waals surface area contributed by atoms with E-state index >= 15 is 0 Å². The van der Waals surface area contributed by atoms with Crippen LogP contribution in [-0.2, 0) is 4.74 Å². The number of hydrogen-bond acceptors (Lipinski definition) is 3. The Labute approximate surface area is 99.0 Å². The lowest BCUT2D eigenvalue weighted by molar-refractivity contribution is 0.0437. The van der Waals surface area contributed by atoms with Gasteiger partial charge in [-0.15, -0.1) is 0 Å². The first-order valence-electron chi connectivity index (χ1n) is 5.46. The third-order valence-electron chi connectivity index (χ3n) is 2.76. The lowest BCUT2D eigenvalue weighted by atomic mass is 10.1. The van der Waals surface area contributed by atoms with Crippen LogP contribution in [0.25, 0.3) is 0 Å². The van der Waals surface area contributed by atoms with Crippen molar-refractivity contribution in [3.05, 3.63) is 65.7 Å². The highest BCUT2D eigenvalue weighted by atomic mass is 16.6. The topological polar surface area (TPSA) is 38.3 Å². The second kappa shape index (κ2) is 3.94. The zero-order valence-electron chi connectivity index (χ0n) is 9.09. The van der Waals surface area contributed by atoms with Gasteiger partial charge >= 0.3 is 5.97 Å². The van der Waals surface area contributed by atoms with Crippen molar-refractivity contribution in [2.45, 2.75) is 6.23 Å². The SMILES string of the molecule is O=C1O[C@H](Nc2ccccc2)c2ccccc21. The average Bonchev–Trinajstić information content (AvgIpc) is 2.69. The van der Waals surface area contributed by atoms with Gasteiger partial charge in [0, 0.05) is 11.3 Å². The molecule has 0 bridgehead atoms. The van der Waals surface area contributed by atoms with Crippen LogP contribution < -0.4 is 5.32 Å². The predicted octanol–water partition coefficient (Wildman–Crippen LogP) is 2.97. The van der Waals surface area contributed by atoms with Crippen LogP contribution >= 0.6 is 0 Å². The highest BCUT2D eigenvalue weighted by Gasteiger charge is 2.30. The summed E-state index contributed by atoms with van der Waals surface area (Å²) in [6.07, 6.45) is -0.388. The van der Waals surface area contributed by atoms with Gasteiger partial charge in [-0.3, -0.25) is 0 Å². The Morgan fingerprint density at radius 3 is 2.47 bits per heavy atom. The fraction of sp³-hybridized carbons (Fsp3) is 0.0714. The second-order valence-electron chi connectivity index (χ2n) is 3.88. The summed E-state index contributed by atoms with van der Waals surface area (Å²) in [6.45, 7) is 0. The van der Waals surface area contributed by atoms with E-state index in [-0.39, 0.29) is 12.2 Å². The van der Waals surface area contributed by atoms with Crippen LogP contribution in [0, 0.1) is 0 Å². The Morgan fingerprint density at radius 2 is 1.65 bits per heavy atom. The maximum atomic E-state index is 11.6. The Bertz CT molecular complexity index is 551. The molecule has 3 rings (SSSR count). The largest absolute Gasteiger partial charge is 0.434 e. The maximum absolute atomic E-state index is 11.6. The summed E-state index contributed by atoms with van der Waals surface area (Å²) in [6, 6.07) is 17.1. The minimum Gasteiger partial charge on any atom is -0.434 e. The van der Waals surface area contributed by atoms with Crippen LogP contribution in [0.1, 0.15) is 22.1 Å². The number of carbonyl (C=O) groups excluding carboxylic acids is 1. The van der Waals surface area contributed by atoms with Gasteiger partial charge in [-0.25, -0.2) is 4.79 Å². The molecule has 17 heavy (non-hydrogen) atoms.